The number of ether oxygens (including phenoxy) is 1. The van der Waals surface area contributed by atoms with Crippen molar-refractivity contribution >= 4 is 39.3 Å². The van der Waals surface area contributed by atoms with Gasteiger partial charge >= 0.3 is 17.8 Å². The number of primary amides is 1. The van der Waals surface area contributed by atoms with Gasteiger partial charge in [-0.25, -0.2) is 4.39 Å². The predicted molar refractivity (Wildman–Crippen MR) is 160 cm³/mol. The van der Waals surface area contributed by atoms with E-state index >= 15 is 4.39 Å². The maximum absolute atomic E-state index is 16.6. The van der Waals surface area contributed by atoms with E-state index in [1.165, 1.54) is 0 Å². The zero-order chi connectivity index (χ0) is 29.8. The van der Waals surface area contributed by atoms with Gasteiger partial charge in [0.05, 0.1) is 12.1 Å². The summed E-state index contributed by atoms with van der Waals surface area (Å²) in [6, 6.07) is 14.1. The summed E-state index contributed by atoms with van der Waals surface area (Å²) in [5, 5.41) is 12.6. The Balaban J connectivity index is 1.32. The Labute approximate surface area is 247 Å². The van der Waals surface area contributed by atoms with Crippen molar-refractivity contribution in [2.45, 2.75) is 43.8 Å². The van der Waals surface area contributed by atoms with E-state index in [0.717, 1.165) is 43.0 Å². The molecule has 0 radical (unpaired) electrons. The Hall–Kier alpha value is -4.51. The fourth-order valence-corrected chi connectivity index (χ4v) is 7.05. The van der Waals surface area contributed by atoms with Gasteiger partial charge in [-0.15, -0.1) is 0 Å². The van der Waals surface area contributed by atoms with Crippen LogP contribution < -0.4 is 15.4 Å². The van der Waals surface area contributed by atoms with E-state index in [1.807, 2.05) is 29.2 Å². The molecule has 2 bridgehead atoms. The van der Waals surface area contributed by atoms with Gasteiger partial charge in [0.1, 0.15) is 23.7 Å². The molecule has 0 saturated carbocycles. The number of hydrogen-bond acceptors (Lipinski definition) is 8. The fraction of sp³-hybridized carbons (Fsp3) is 0.375. The van der Waals surface area contributed by atoms with Gasteiger partial charge in [-0.1, -0.05) is 30.3 Å². The van der Waals surface area contributed by atoms with Gasteiger partial charge in [-0.3, -0.25) is 9.59 Å². The number of phenolic OH excluding ortho intramolecular Hbond substituents is 1. The largest absolute Gasteiger partial charge is 0.508 e. The minimum Gasteiger partial charge on any atom is -0.508 e. The standard InChI is InChI=1S/C32H33FN6O4/c1-37-12-4-6-21(37)17-43-32-35-28-25(30(36-32)38-15-19-8-9-20(16-38)39(19)31(42)29(34)41)11-10-24(27(28)33)26-14-22(40)13-18-5-2-3-7-23(18)26/h2-3,5,7,10-11,13-14,19-21,40H,4,6,8-9,12,15-17H2,1H3,(H2,34,41)/t19?,20?,21-/m0/s1. The molecule has 11 heteroatoms. The molecule has 3 aliphatic rings. The zero-order valence-electron chi connectivity index (χ0n) is 23.9. The Morgan fingerprint density at radius 3 is 2.51 bits per heavy atom. The molecule has 1 aromatic heterocycles. The van der Waals surface area contributed by atoms with Gasteiger partial charge in [-0.05, 0) is 73.8 Å². The second-order valence-corrected chi connectivity index (χ2v) is 11.8. The number of fused-ring (bicyclic) bond motifs is 4. The number of phenols is 1. The van der Waals surface area contributed by atoms with Crippen molar-refractivity contribution in [3.8, 4) is 22.9 Å². The molecule has 0 aliphatic carbocycles. The molecule has 7 rings (SSSR count). The first-order valence-electron chi connectivity index (χ1n) is 14.7. The lowest BCUT2D eigenvalue weighted by Crippen LogP contribution is -2.58. The molecular weight excluding hydrogens is 551 g/mol. The number of aromatic hydroxyl groups is 1. The minimum atomic E-state index is -0.959. The lowest BCUT2D eigenvalue weighted by atomic mass is 9.96. The van der Waals surface area contributed by atoms with Crippen molar-refractivity contribution in [2.24, 2.45) is 5.73 Å². The Morgan fingerprint density at radius 1 is 1.02 bits per heavy atom. The maximum Gasteiger partial charge on any atom is 0.319 e. The average Bonchev–Trinajstić information content (AvgIpc) is 3.53. The van der Waals surface area contributed by atoms with E-state index in [2.05, 4.69) is 16.9 Å². The van der Waals surface area contributed by atoms with Crippen LogP contribution >= 0.6 is 0 Å². The molecule has 4 heterocycles. The number of nitrogens with zero attached hydrogens (tertiary/aromatic N) is 5. The molecule has 3 aromatic carbocycles. The van der Waals surface area contributed by atoms with Crippen molar-refractivity contribution in [1.82, 2.24) is 19.8 Å². The zero-order valence-corrected chi connectivity index (χ0v) is 23.9. The molecule has 3 N–H and O–H groups in total. The number of halogens is 1. The fourth-order valence-electron chi connectivity index (χ4n) is 7.05. The number of rotatable bonds is 5. The van der Waals surface area contributed by atoms with Crippen LogP contribution in [0.2, 0.25) is 0 Å². The van der Waals surface area contributed by atoms with Crippen molar-refractivity contribution in [1.29, 1.82) is 0 Å². The van der Waals surface area contributed by atoms with Crippen LogP contribution in [0.4, 0.5) is 10.2 Å². The first kappa shape index (κ1) is 27.3. The number of likely N-dealkylation sites (N-methyl/N-ethyl adjacent to an activating group) is 1. The third kappa shape index (κ3) is 4.77. The first-order valence-corrected chi connectivity index (χ1v) is 14.7. The van der Waals surface area contributed by atoms with Gasteiger partial charge in [0.25, 0.3) is 0 Å². The van der Waals surface area contributed by atoms with Crippen molar-refractivity contribution in [3.63, 3.8) is 0 Å². The molecule has 0 spiro atoms. The summed E-state index contributed by atoms with van der Waals surface area (Å²) < 4.78 is 22.7. The summed E-state index contributed by atoms with van der Waals surface area (Å²) in [5.74, 6) is -1.60. The number of carbonyl (C=O) groups excluding carboxylic acids is 2. The van der Waals surface area contributed by atoms with E-state index in [-0.39, 0.29) is 35.4 Å². The first-order chi connectivity index (χ1) is 20.8. The number of amides is 2. The van der Waals surface area contributed by atoms with Crippen LogP contribution in [0, 0.1) is 5.82 Å². The second kappa shape index (κ2) is 10.6. The monoisotopic (exact) mass is 584 g/mol. The van der Waals surface area contributed by atoms with Crippen LogP contribution in [0.25, 0.3) is 32.8 Å². The van der Waals surface area contributed by atoms with Crippen molar-refractivity contribution in [2.75, 3.05) is 38.2 Å². The van der Waals surface area contributed by atoms with E-state index in [1.54, 1.807) is 29.2 Å². The Morgan fingerprint density at radius 2 is 1.79 bits per heavy atom. The summed E-state index contributed by atoms with van der Waals surface area (Å²) in [4.78, 5) is 39.5. The summed E-state index contributed by atoms with van der Waals surface area (Å²) in [5.41, 5.74) is 6.32. The van der Waals surface area contributed by atoms with Gasteiger partial charge in [0.15, 0.2) is 5.82 Å². The number of nitrogens with two attached hydrogens (primary N) is 1. The van der Waals surface area contributed by atoms with Crippen LogP contribution in [0.15, 0.2) is 48.5 Å². The van der Waals surface area contributed by atoms with E-state index in [0.29, 0.717) is 42.0 Å². The van der Waals surface area contributed by atoms with Gasteiger partial charge in [-0.2, -0.15) is 9.97 Å². The smallest absolute Gasteiger partial charge is 0.319 e. The van der Waals surface area contributed by atoms with E-state index in [4.69, 9.17) is 15.5 Å². The summed E-state index contributed by atoms with van der Waals surface area (Å²) in [7, 11) is 2.06. The number of benzene rings is 3. The van der Waals surface area contributed by atoms with Gasteiger partial charge in [0, 0.05) is 30.1 Å². The third-order valence-corrected chi connectivity index (χ3v) is 9.21. The lowest BCUT2D eigenvalue weighted by molar-refractivity contribution is -0.146. The normalized spacial score (nSPS) is 22.0. The van der Waals surface area contributed by atoms with Crippen LogP contribution in [0.3, 0.4) is 0 Å². The molecule has 3 atom stereocenters. The topological polar surface area (TPSA) is 125 Å². The van der Waals surface area contributed by atoms with Gasteiger partial charge in [0.2, 0.25) is 0 Å². The van der Waals surface area contributed by atoms with E-state index in [9.17, 15) is 14.7 Å². The van der Waals surface area contributed by atoms with E-state index < -0.39 is 17.6 Å². The number of likely N-dealkylation sites (tertiary alicyclic amines) is 1. The summed E-state index contributed by atoms with van der Waals surface area (Å²) in [6.07, 6.45) is 3.56. The SMILES string of the molecule is CN1CCC[C@H]1COc1nc(N2CC3CCC(C2)N3C(=O)C(N)=O)c2ccc(-c3cc(O)cc4ccccc34)c(F)c2n1. The molecule has 222 valence electrons. The number of carbonyl (C=O) groups is 2. The molecule has 2 unspecified atom stereocenters. The number of aromatic nitrogens is 2. The highest BCUT2D eigenvalue weighted by Crippen LogP contribution is 2.40. The van der Waals surface area contributed by atoms with Crippen LogP contribution in [0.5, 0.6) is 11.8 Å². The predicted octanol–water partition coefficient (Wildman–Crippen LogP) is 3.43. The number of piperazine rings is 1. The Bertz CT molecular complexity index is 1750. The highest BCUT2D eigenvalue weighted by Gasteiger charge is 2.44. The van der Waals surface area contributed by atoms with Crippen LogP contribution in [-0.2, 0) is 9.59 Å². The van der Waals surface area contributed by atoms with Crippen LogP contribution in [0.1, 0.15) is 25.7 Å². The lowest BCUT2D eigenvalue weighted by Gasteiger charge is -2.41. The third-order valence-electron chi connectivity index (χ3n) is 9.21. The minimum absolute atomic E-state index is 0.0418. The molecular formula is C32H33FN6O4. The summed E-state index contributed by atoms with van der Waals surface area (Å²) in [6.45, 7) is 2.22. The number of hydrogen-bond donors (Lipinski definition) is 2. The van der Waals surface area contributed by atoms with Crippen LogP contribution in [-0.4, -0.2) is 88.1 Å². The molecule has 3 saturated heterocycles. The molecule has 10 nitrogen and oxygen atoms in total. The van der Waals surface area contributed by atoms with Gasteiger partial charge < -0.3 is 30.3 Å². The highest BCUT2D eigenvalue weighted by atomic mass is 19.1. The molecule has 3 fully saturated rings. The second-order valence-electron chi connectivity index (χ2n) is 11.8. The highest BCUT2D eigenvalue weighted by molar-refractivity contribution is 6.34. The summed E-state index contributed by atoms with van der Waals surface area (Å²) >= 11 is 0. The van der Waals surface area contributed by atoms with Crippen molar-refractivity contribution in [3.05, 3.63) is 54.3 Å². The molecule has 4 aromatic rings. The van der Waals surface area contributed by atoms with Crippen molar-refractivity contribution < 1.29 is 23.8 Å². The maximum atomic E-state index is 16.6. The Kier molecular flexibility index (Phi) is 6.76. The number of anilines is 1. The average molecular weight is 585 g/mol. The molecule has 3 aliphatic heterocycles. The molecule has 2 amide bonds. The molecule has 43 heavy (non-hydrogen) atoms. The quantitative estimate of drug-likeness (QED) is 0.342.